The molecule has 3 aromatic rings. The Bertz CT molecular complexity index is 1000. The van der Waals surface area contributed by atoms with E-state index in [-0.39, 0.29) is 30.6 Å². The van der Waals surface area contributed by atoms with Gasteiger partial charge in [-0.1, -0.05) is 18.2 Å². The van der Waals surface area contributed by atoms with E-state index < -0.39 is 0 Å². The summed E-state index contributed by atoms with van der Waals surface area (Å²) in [5.74, 6) is -0.526. The molecule has 2 heterocycles. The summed E-state index contributed by atoms with van der Waals surface area (Å²) in [7, 11) is 0. The van der Waals surface area contributed by atoms with Gasteiger partial charge < -0.3 is 10.6 Å². The molecule has 0 radical (unpaired) electrons. The molecule has 2 unspecified atom stereocenters. The first-order valence-electron chi connectivity index (χ1n) is 9.71. The van der Waals surface area contributed by atoms with Gasteiger partial charge in [-0.05, 0) is 53.6 Å². The van der Waals surface area contributed by atoms with Crippen LogP contribution in [0, 0.1) is 5.82 Å². The number of anilines is 1. The van der Waals surface area contributed by atoms with Gasteiger partial charge in [0.05, 0.1) is 12.3 Å². The minimum Gasteiger partial charge on any atom is -0.382 e. The van der Waals surface area contributed by atoms with Crippen LogP contribution < -0.4 is 26.8 Å². The second-order valence-electron chi connectivity index (χ2n) is 7.00. The smallest absolute Gasteiger partial charge is 0.251 e. The highest BCUT2D eigenvalue weighted by Crippen LogP contribution is 2.14. The number of hydrogen-bond donors (Lipinski definition) is 5. The minimum absolute atomic E-state index is 0.000245. The van der Waals surface area contributed by atoms with Crippen LogP contribution in [0.5, 0.6) is 0 Å². The topological polar surface area (TPSA) is 90.1 Å². The molecule has 8 heteroatoms. The molecular formula is C22H23FN6O. The monoisotopic (exact) mass is 406 g/mol. The van der Waals surface area contributed by atoms with Gasteiger partial charge in [0, 0.05) is 36.7 Å². The number of nitrogens with zero attached hydrogens (tertiary/aromatic N) is 1. The molecule has 0 saturated carbocycles. The second-order valence-corrected chi connectivity index (χ2v) is 7.00. The van der Waals surface area contributed by atoms with Gasteiger partial charge >= 0.3 is 0 Å². The first-order chi connectivity index (χ1) is 14.7. The molecule has 30 heavy (non-hydrogen) atoms. The molecule has 4 rings (SSSR count). The Labute approximate surface area is 174 Å². The summed E-state index contributed by atoms with van der Waals surface area (Å²) in [6.07, 6.45) is 3.53. The largest absolute Gasteiger partial charge is 0.382 e. The Morgan fingerprint density at radius 3 is 2.70 bits per heavy atom. The van der Waals surface area contributed by atoms with E-state index in [9.17, 15) is 9.18 Å². The third-order valence-corrected chi connectivity index (χ3v) is 4.79. The first kappa shape index (κ1) is 20.0. The average molecular weight is 406 g/mol. The van der Waals surface area contributed by atoms with Gasteiger partial charge in [-0.2, -0.15) is 0 Å². The van der Waals surface area contributed by atoms with Crippen molar-refractivity contribution < 1.29 is 9.18 Å². The summed E-state index contributed by atoms with van der Waals surface area (Å²) in [5.41, 5.74) is 9.59. The highest BCUT2D eigenvalue weighted by Gasteiger charge is 2.23. The lowest BCUT2D eigenvalue weighted by atomic mass is 10.1. The van der Waals surface area contributed by atoms with E-state index in [0.717, 1.165) is 11.3 Å². The predicted octanol–water partition coefficient (Wildman–Crippen LogP) is 2.28. The Kier molecular flexibility index (Phi) is 6.29. The van der Waals surface area contributed by atoms with E-state index in [1.165, 1.54) is 12.1 Å². The standard InChI is InChI=1S/C22H23FN6O/c23-18-5-1-3-15(11-18)13-26-22(30)17-4-2-6-19(12-17)25-14-20-27-21(29-28-20)16-7-9-24-10-8-16/h1-12,20-21,25,27-29H,13-14H2,(H,26,30). The number of nitrogens with one attached hydrogen (secondary N) is 5. The van der Waals surface area contributed by atoms with E-state index >= 15 is 0 Å². The molecule has 1 aliphatic heterocycles. The molecule has 5 N–H and O–H groups in total. The molecule has 1 fully saturated rings. The number of carbonyl (C=O) groups excluding carboxylic acids is 1. The minimum atomic E-state index is -0.317. The van der Waals surface area contributed by atoms with Gasteiger partial charge in [0.15, 0.2) is 0 Å². The van der Waals surface area contributed by atoms with Gasteiger partial charge in [-0.3, -0.25) is 15.1 Å². The lowest BCUT2D eigenvalue weighted by Gasteiger charge is -2.14. The number of amides is 1. The van der Waals surface area contributed by atoms with Crippen LogP contribution in [-0.4, -0.2) is 23.6 Å². The number of aromatic nitrogens is 1. The molecule has 1 amide bonds. The number of hydrazine groups is 1. The number of hydrogen-bond acceptors (Lipinski definition) is 6. The van der Waals surface area contributed by atoms with Gasteiger partial charge in [0.25, 0.3) is 5.91 Å². The van der Waals surface area contributed by atoms with Crippen LogP contribution in [0.1, 0.15) is 27.7 Å². The molecule has 7 nitrogen and oxygen atoms in total. The fourth-order valence-electron chi connectivity index (χ4n) is 3.24. The van der Waals surface area contributed by atoms with Gasteiger partial charge in [0.1, 0.15) is 5.82 Å². The average Bonchev–Trinajstić information content (AvgIpc) is 3.26. The highest BCUT2D eigenvalue weighted by molar-refractivity contribution is 5.95. The molecule has 2 aromatic carbocycles. The summed E-state index contributed by atoms with van der Waals surface area (Å²) in [6, 6.07) is 17.4. The molecule has 0 aliphatic carbocycles. The summed E-state index contributed by atoms with van der Waals surface area (Å²) in [6.45, 7) is 0.884. The number of halogens is 1. The van der Waals surface area contributed by atoms with Crippen molar-refractivity contribution in [1.29, 1.82) is 0 Å². The Balaban J connectivity index is 1.29. The van der Waals surface area contributed by atoms with Crippen molar-refractivity contribution >= 4 is 11.6 Å². The number of benzene rings is 2. The van der Waals surface area contributed by atoms with E-state index in [1.54, 1.807) is 36.7 Å². The summed E-state index contributed by atoms with van der Waals surface area (Å²) < 4.78 is 13.3. The van der Waals surface area contributed by atoms with Crippen LogP contribution in [0.25, 0.3) is 0 Å². The molecule has 0 spiro atoms. The zero-order valence-electron chi connectivity index (χ0n) is 16.2. The van der Waals surface area contributed by atoms with E-state index in [0.29, 0.717) is 17.7 Å². The maximum Gasteiger partial charge on any atom is 0.251 e. The van der Waals surface area contributed by atoms with Gasteiger partial charge in [-0.25, -0.2) is 15.2 Å². The normalized spacial score (nSPS) is 18.2. The molecule has 2 atom stereocenters. The van der Waals surface area contributed by atoms with E-state index in [1.807, 2.05) is 24.3 Å². The second kappa shape index (κ2) is 9.45. The van der Waals surface area contributed by atoms with E-state index in [4.69, 9.17) is 0 Å². The van der Waals surface area contributed by atoms with Crippen LogP contribution in [0.3, 0.4) is 0 Å². The number of rotatable bonds is 7. The summed E-state index contributed by atoms with van der Waals surface area (Å²) in [4.78, 5) is 16.5. The fourth-order valence-corrected chi connectivity index (χ4v) is 3.24. The predicted molar refractivity (Wildman–Crippen MR) is 113 cm³/mol. The Hall–Kier alpha value is -3.33. The van der Waals surface area contributed by atoms with Crippen LogP contribution in [0.15, 0.2) is 73.1 Å². The molecule has 0 bridgehead atoms. The lowest BCUT2D eigenvalue weighted by Crippen LogP contribution is -2.39. The van der Waals surface area contributed by atoms with E-state index in [2.05, 4.69) is 31.8 Å². The summed E-state index contributed by atoms with van der Waals surface area (Å²) in [5, 5.41) is 9.58. The molecule has 1 aromatic heterocycles. The maximum atomic E-state index is 13.3. The van der Waals surface area contributed by atoms with Crippen LogP contribution >= 0.6 is 0 Å². The van der Waals surface area contributed by atoms with Crippen molar-refractivity contribution in [3.8, 4) is 0 Å². The Morgan fingerprint density at radius 2 is 1.87 bits per heavy atom. The van der Waals surface area contributed by atoms with Crippen molar-refractivity contribution in [2.24, 2.45) is 0 Å². The molecule has 1 aliphatic rings. The zero-order valence-corrected chi connectivity index (χ0v) is 16.2. The highest BCUT2D eigenvalue weighted by atomic mass is 19.1. The number of carbonyl (C=O) groups is 1. The van der Waals surface area contributed by atoms with Gasteiger partial charge in [-0.15, -0.1) is 0 Å². The third kappa shape index (κ3) is 5.18. The van der Waals surface area contributed by atoms with Crippen molar-refractivity contribution in [3.05, 3.63) is 95.6 Å². The fraction of sp³-hybridized carbons (Fsp3) is 0.182. The molecular weight excluding hydrogens is 383 g/mol. The molecule has 1 saturated heterocycles. The maximum absolute atomic E-state index is 13.3. The summed E-state index contributed by atoms with van der Waals surface area (Å²) >= 11 is 0. The lowest BCUT2D eigenvalue weighted by molar-refractivity contribution is 0.0951. The van der Waals surface area contributed by atoms with Crippen molar-refractivity contribution in [2.45, 2.75) is 18.9 Å². The van der Waals surface area contributed by atoms with Crippen LogP contribution in [0.4, 0.5) is 10.1 Å². The van der Waals surface area contributed by atoms with Crippen molar-refractivity contribution in [1.82, 2.24) is 26.5 Å². The van der Waals surface area contributed by atoms with Crippen molar-refractivity contribution in [3.63, 3.8) is 0 Å². The Morgan fingerprint density at radius 1 is 1.03 bits per heavy atom. The number of pyridine rings is 1. The van der Waals surface area contributed by atoms with Crippen LogP contribution in [0.2, 0.25) is 0 Å². The quantitative estimate of drug-likeness (QED) is 0.414. The zero-order chi connectivity index (χ0) is 20.8. The SMILES string of the molecule is O=C(NCc1cccc(F)c1)c1cccc(NCC2NNC(c3ccncc3)N2)c1. The first-order valence-corrected chi connectivity index (χ1v) is 9.71. The van der Waals surface area contributed by atoms with Crippen molar-refractivity contribution in [2.75, 3.05) is 11.9 Å². The molecule has 154 valence electrons. The van der Waals surface area contributed by atoms with Gasteiger partial charge in [0.2, 0.25) is 0 Å². The van der Waals surface area contributed by atoms with Crippen LogP contribution in [-0.2, 0) is 6.54 Å². The third-order valence-electron chi connectivity index (χ3n) is 4.79.